The molecule has 178 valence electrons. The fourth-order valence-corrected chi connectivity index (χ4v) is 3.02. The third-order valence-electron chi connectivity index (χ3n) is 4.32. The molecule has 0 radical (unpaired) electrons. The van der Waals surface area contributed by atoms with E-state index in [1.807, 2.05) is 65.0 Å². The maximum Gasteiger partial charge on any atom is 0.217 e. The molecular formula is C28H42ClNO2. The quantitative estimate of drug-likeness (QED) is 0.355. The van der Waals surface area contributed by atoms with Crippen molar-refractivity contribution in [2.24, 2.45) is 5.73 Å². The summed E-state index contributed by atoms with van der Waals surface area (Å²) in [6.45, 7) is 19.9. The van der Waals surface area contributed by atoms with Crippen molar-refractivity contribution in [1.82, 2.24) is 0 Å². The van der Waals surface area contributed by atoms with Gasteiger partial charge in [0, 0.05) is 11.4 Å². The smallest absolute Gasteiger partial charge is 0.217 e. The molecule has 1 rings (SSSR count). The molecule has 1 aromatic carbocycles. The standard InChI is InChI=1S/C17H26O.C9H10ClNO.C2H6/c1-7-10-15(11-8-2)14(6)17(13(4)5)16(18)12-9-3;10-8-4-1-7(2-5-8)3-6-9(11)12;1-2/h7-8,10-11,16,18H,1,6,9,12H2,2-5H3;1-2,4-5H,3,6H2,(H2,11,12);1-2H3/b11-8-,15-10+;;. The lowest BCUT2D eigenvalue weighted by molar-refractivity contribution is -0.117. The molecule has 1 unspecified atom stereocenters. The number of amides is 1. The Bertz CT molecular complexity index is 782. The van der Waals surface area contributed by atoms with E-state index in [4.69, 9.17) is 17.3 Å². The van der Waals surface area contributed by atoms with Gasteiger partial charge in [0.2, 0.25) is 5.91 Å². The normalized spacial score (nSPS) is 11.4. The molecule has 0 aliphatic carbocycles. The van der Waals surface area contributed by atoms with Crippen LogP contribution in [0.1, 0.15) is 66.4 Å². The SMILES string of the molecule is C=C/C=C(\C=C/C)C(=C)C(=C(C)C)C(O)CCC.CC.NC(=O)CCc1ccc(Cl)cc1. The minimum absolute atomic E-state index is 0.273. The van der Waals surface area contributed by atoms with Gasteiger partial charge in [-0.3, -0.25) is 4.79 Å². The van der Waals surface area contributed by atoms with Gasteiger partial charge >= 0.3 is 0 Å². The van der Waals surface area contributed by atoms with E-state index in [0.717, 1.165) is 40.7 Å². The van der Waals surface area contributed by atoms with Gasteiger partial charge in [0.1, 0.15) is 0 Å². The molecular weight excluding hydrogens is 418 g/mol. The highest BCUT2D eigenvalue weighted by atomic mass is 35.5. The maximum absolute atomic E-state index is 10.4. The first-order valence-corrected chi connectivity index (χ1v) is 11.6. The lowest BCUT2D eigenvalue weighted by atomic mass is 9.89. The molecule has 0 heterocycles. The summed E-state index contributed by atoms with van der Waals surface area (Å²) in [5, 5.41) is 10.9. The van der Waals surface area contributed by atoms with Crippen LogP contribution in [0.15, 0.2) is 84.0 Å². The van der Waals surface area contributed by atoms with Crippen LogP contribution in [0.5, 0.6) is 0 Å². The molecule has 1 aromatic rings. The van der Waals surface area contributed by atoms with Crippen molar-refractivity contribution in [3.8, 4) is 0 Å². The van der Waals surface area contributed by atoms with E-state index in [0.29, 0.717) is 17.9 Å². The van der Waals surface area contributed by atoms with Gasteiger partial charge < -0.3 is 10.8 Å². The number of aryl methyl sites for hydroxylation is 1. The Morgan fingerprint density at radius 2 is 1.78 bits per heavy atom. The first kappa shape index (κ1) is 31.8. The highest BCUT2D eigenvalue weighted by Gasteiger charge is 2.16. The first-order valence-electron chi connectivity index (χ1n) is 11.2. The Kier molecular flexibility index (Phi) is 19.2. The summed E-state index contributed by atoms with van der Waals surface area (Å²) in [5.74, 6) is -0.273. The number of aliphatic hydroxyl groups excluding tert-OH is 1. The highest BCUT2D eigenvalue weighted by molar-refractivity contribution is 6.30. The van der Waals surface area contributed by atoms with Gasteiger partial charge in [-0.15, -0.1) is 0 Å². The van der Waals surface area contributed by atoms with E-state index in [1.54, 1.807) is 18.2 Å². The second-order valence-electron chi connectivity index (χ2n) is 7.15. The second-order valence-corrected chi connectivity index (χ2v) is 7.58. The Hall–Kier alpha value is -2.36. The summed E-state index contributed by atoms with van der Waals surface area (Å²) in [4.78, 5) is 10.4. The lowest BCUT2D eigenvalue weighted by Crippen LogP contribution is -2.13. The summed E-state index contributed by atoms with van der Waals surface area (Å²) in [7, 11) is 0. The van der Waals surface area contributed by atoms with Crippen molar-refractivity contribution >= 4 is 17.5 Å². The van der Waals surface area contributed by atoms with Gasteiger partial charge in [-0.1, -0.05) is 94.0 Å². The average molecular weight is 460 g/mol. The van der Waals surface area contributed by atoms with Crippen LogP contribution in [0.2, 0.25) is 5.02 Å². The van der Waals surface area contributed by atoms with E-state index in [-0.39, 0.29) is 5.91 Å². The minimum atomic E-state index is -0.439. The molecule has 0 aliphatic rings. The molecule has 3 nitrogen and oxygen atoms in total. The van der Waals surface area contributed by atoms with Crippen LogP contribution in [0.3, 0.4) is 0 Å². The summed E-state index contributed by atoms with van der Waals surface area (Å²) in [6, 6.07) is 7.40. The number of allylic oxidation sites excluding steroid dienone is 6. The summed E-state index contributed by atoms with van der Waals surface area (Å²) < 4.78 is 0. The molecule has 0 fully saturated rings. The largest absolute Gasteiger partial charge is 0.388 e. The molecule has 0 spiro atoms. The number of hydrogen-bond acceptors (Lipinski definition) is 2. The number of aliphatic hydroxyl groups is 1. The molecule has 0 aromatic heterocycles. The molecule has 0 saturated heterocycles. The molecule has 32 heavy (non-hydrogen) atoms. The molecule has 0 saturated carbocycles. The summed E-state index contributed by atoms with van der Waals surface area (Å²) in [5.41, 5.74) is 10.0. The monoisotopic (exact) mass is 459 g/mol. The number of hydrogen-bond donors (Lipinski definition) is 2. The number of halogens is 1. The molecule has 4 heteroatoms. The topological polar surface area (TPSA) is 63.3 Å². The zero-order valence-electron chi connectivity index (χ0n) is 20.7. The number of nitrogens with two attached hydrogens (primary N) is 1. The van der Waals surface area contributed by atoms with Crippen LogP contribution in [0.4, 0.5) is 0 Å². The van der Waals surface area contributed by atoms with Crippen LogP contribution >= 0.6 is 11.6 Å². The fourth-order valence-electron chi connectivity index (χ4n) is 2.89. The minimum Gasteiger partial charge on any atom is -0.388 e. The van der Waals surface area contributed by atoms with Crippen LogP contribution in [-0.4, -0.2) is 17.1 Å². The first-order chi connectivity index (χ1) is 15.2. The van der Waals surface area contributed by atoms with E-state index < -0.39 is 6.10 Å². The van der Waals surface area contributed by atoms with E-state index in [9.17, 15) is 9.90 Å². The zero-order valence-corrected chi connectivity index (χ0v) is 21.5. The fraction of sp³-hybridized carbons (Fsp3) is 0.393. The van der Waals surface area contributed by atoms with Gasteiger partial charge in [-0.05, 0) is 68.0 Å². The van der Waals surface area contributed by atoms with Crippen molar-refractivity contribution in [2.45, 2.75) is 73.3 Å². The summed E-state index contributed by atoms with van der Waals surface area (Å²) in [6.07, 6.45) is 9.98. The van der Waals surface area contributed by atoms with Crippen LogP contribution in [-0.2, 0) is 11.2 Å². The van der Waals surface area contributed by atoms with Crippen molar-refractivity contribution in [3.05, 3.63) is 94.6 Å². The third-order valence-corrected chi connectivity index (χ3v) is 4.58. The van der Waals surface area contributed by atoms with E-state index in [1.165, 1.54) is 0 Å². The molecule has 3 N–H and O–H groups in total. The Morgan fingerprint density at radius 3 is 2.19 bits per heavy atom. The van der Waals surface area contributed by atoms with Crippen LogP contribution in [0, 0.1) is 0 Å². The van der Waals surface area contributed by atoms with Gasteiger partial charge in [-0.2, -0.15) is 0 Å². The Labute approximate surface area is 201 Å². The maximum atomic E-state index is 10.4. The molecule has 1 amide bonds. The summed E-state index contributed by atoms with van der Waals surface area (Å²) >= 11 is 5.68. The van der Waals surface area contributed by atoms with Crippen molar-refractivity contribution in [1.29, 1.82) is 0 Å². The lowest BCUT2D eigenvalue weighted by Gasteiger charge is -2.19. The number of primary amides is 1. The average Bonchev–Trinajstić information content (AvgIpc) is 2.75. The van der Waals surface area contributed by atoms with Crippen molar-refractivity contribution in [3.63, 3.8) is 0 Å². The molecule has 1 atom stereocenters. The van der Waals surface area contributed by atoms with Gasteiger partial charge in [0.15, 0.2) is 0 Å². The third kappa shape index (κ3) is 13.8. The second kappa shape index (κ2) is 19.3. The van der Waals surface area contributed by atoms with E-state index >= 15 is 0 Å². The van der Waals surface area contributed by atoms with Crippen molar-refractivity contribution < 1.29 is 9.90 Å². The Morgan fingerprint density at radius 1 is 1.22 bits per heavy atom. The van der Waals surface area contributed by atoms with Gasteiger partial charge in [0.25, 0.3) is 0 Å². The number of rotatable bonds is 10. The molecule has 0 aliphatic heterocycles. The van der Waals surface area contributed by atoms with Crippen LogP contribution < -0.4 is 5.73 Å². The Balaban J connectivity index is 0. The van der Waals surface area contributed by atoms with Crippen LogP contribution in [0.25, 0.3) is 0 Å². The zero-order chi connectivity index (χ0) is 25.1. The van der Waals surface area contributed by atoms with Gasteiger partial charge in [0.05, 0.1) is 6.10 Å². The number of carbonyl (C=O) groups excluding carboxylic acids is 1. The van der Waals surface area contributed by atoms with E-state index in [2.05, 4.69) is 20.1 Å². The number of benzene rings is 1. The highest BCUT2D eigenvalue weighted by Crippen LogP contribution is 2.27. The molecule has 0 bridgehead atoms. The van der Waals surface area contributed by atoms with Crippen molar-refractivity contribution in [2.75, 3.05) is 0 Å². The number of carbonyl (C=O) groups is 1. The van der Waals surface area contributed by atoms with Gasteiger partial charge in [-0.25, -0.2) is 0 Å². The predicted octanol–water partition coefficient (Wildman–Crippen LogP) is 7.51. The predicted molar refractivity (Wildman–Crippen MR) is 142 cm³/mol.